The predicted molar refractivity (Wildman–Crippen MR) is 106 cm³/mol. The van der Waals surface area contributed by atoms with Crippen LogP contribution in [0.4, 0.5) is 21.8 Å². The van der Waals surface area contributed by atoms with Gasteiger partial charge in [-0.2, -0.15) is 4.98 Å². The van der Waals surface area contributed by atoms with E-state index in [1.165, 1.54) is 18.2 Å². The van der Waals surface area contributed by atoms with Crippen molar-refractivity contribution in [2.24, 2.45) is 11.7 Å². The summed E-state index contributed by atoms with van der Waals surface area (Å²) in [7, 11) is 0. The Morgan fingerprint density at radius 2 is 2.04 bits per heavy atom. The van der Waals surface area contributed by atoms with Crippen molar-refractivity contribution in [2.75, 3.05) is 17.2 Å². The van der Waals surface area contributed by atoms with Crippen LogP contribution in [0.15, 0.2) is 24.4 Å². The van der Waals surface area contributed by atoms with Gasteiger partial charge in [0.1, 0.15) is 12.0 Å². The van der Waals surface area contributed by atoms with Crippen molar-refractivity contribution in [1.82, 2.24) is 9.97 Å². The second-order valence-corrected chi connectivity index (χ2v) is 7.37. The highest BCUT2D eigenvalue weighted by Crippen LogP contribution is 2.26. The molecule has 3 rings (SSSR count). The fraction of sp³-hybridized carbons (Fsp3) is 0.444. The number of aromatic nitrogens is 2. The van der Waals surface area contributed by atoms with Crippen LogP contribution in [0.1, 0.15) is 31.2 Å². The van der Waals surface area contributed by atoms with Crippen molar-refractivity contribution < 1.29 is 9.31 Å². The van der Waals surface area contributed by atoms with Gasteiger partial charge in [0, 0.05) is 29.7 Å². The number of nitrogens with two attached hydrogens (primary N) is 1. The number of anilines is 2. The lowest BCUT2D eigenvalue weighted by molar-refractivity contribution is -0.384. The van der Waals surface area contributed by atoms with E-state index < -0.39 is 10.7 Å². The Balaban J connectivity index is 1.68. The molecule has 0 radical (unpaired) electrons. The molecule has 1 heterocycles. The van der Waals surface area contributed by atoms with E-state index in [4.69, 9.17) is 17.3 Å². The monoisotopic (exact) mass is 408 g/mol. The number of hydrogen-bond donors (Lipinski definition) is 3. The van der Waals surface area contributed by atoms with E-state index in [-0.39, 0.29) is 30.0 Å². The van der Waals surface area contributed by atoms with E-state index in [0.29, 0.717) is 23.0 Å². The Hall–Kier alpha value is -2.52. The van der Waals surface area contributed by atoms with Crippen LogP contribution in [0, 0.1) is 21.8 Å². The normalized spacial score (nSPS) is 19.2. The molecule has 0 bridgehead atoms. The maximum atomic E-state index is 13.8. The first-order chi connectivity index (χ1) is 13.4. The number of nitro groups is 1. The van der Waals surface area contributed by atoms with Gasteiger partial charge in [0.05, 0.1) is 4.92 Å². The minimum atomic E-state index is -0.528. The first kappa shape index (κ1) is 20.2. The molecule has 10 heteroatoms. The minimum absolute atomic E-state index is 0.101. The Morgan fingerprint density at radius 1 is 1.29 bits per heavy atom. The van der Waals surface area contributed by atoms with Crippen LogP contribution in [-0.4, -0.2) is 27.5 Å². The van der Waals surface area contributed by atoms with Crippen molar-refractivity contribution >= 4 is 29.1 Å². The van der Waals surface area contributed by atoms with Crippen LogP contribution in [-0.2, 0) is 6.54 Å². The molecule has 1 aromatic heterocycles. The number of nitrogens with zero attached hydrogens (tertiary/aromatic N) is 3. The molecular weight excluding hydrogens is 387 g/mol. The molecule has 1 aromatic carbocycles. The Kier molecular flexibility index (Phi) is 6.58. The smallest absolute Gasteiger partial charge is 0.329 e. The molecule has 4 N–H and O–H groups in total. The first-order valence-electron chi connectivity index (χ1n) is 9.11. The van der Waals surface area contributed by atoms with E-state index in [0.717, 1.165) is 31.9 Å². The molecule has 150 valence electrons. The molecule has 1 aliphatic carbocycles. The van der Waals surface area contributed by atoms with E-state index >= 15 is 0 Å². The third-order valence-electron chi connectivity index (χ3n) is 4.86. The maximum Gasteiger partial charge on any atom is 0.329 e. The van der Waals surface area contributed by atoms with E-state index in [1.54, 1.807) is 0 Å². The zero-order chi connectivity index (χ0) is 20.1. The van der Waals surface area contributed by atoms with E-state index in [9.17, 15) is 14.5 Å². The topological polar surface area (TPSA) is 119 Å². The van der Waals surface area contributed by atoms with Crippen LogP contribution in [0.2, 0.25) is 5.02 Å². The van der Waals surface area contributed by atoms with Gasteiger partial charge in [-0.1, -0.05) is 11.6 Å². The molecule has 1 saturated carbocycles. The lowest BCUT2D eigenvalue weighted by Gasteiger charge is -2.26. The van der Waals surface area contributed by atoms with Gasteiger partial charge in [-0.3, -0.25) is 10.1 Å². The van der Waals surface area contributed by atoms with Gasteiger partial charge >= 0.3 is 5.69 Å². The molecule has 1 aliphatic rings. The molecule has 1 fully saturated rings. The highest BCUT2D eigenvalue weighted by atomic mass is 35.5. The molecule has 0 amide bonds. The van der Waals surface area contributed by atoms with Gasteiger partial charge < -0.3 is 16.4 Å². The van der Waals surface area contributed by atoms with Crippen LogP contribution in [0.25, 0.3) is 0 Å². The second kappa shape index (κ2) is 9.11. The summed E-state index contributed by atoms with van der Waals surface area (Å²) in [5.41, 5.74) is 6.06. The molecule has 8 nitrogen and oxygen atoms in total. The molecule has 0 atom stereocenters. The van der Waals surface area contributed by atoms with Crippen LogP contribution >= 0.6 is 11.6 Å². The first-order valence-corrected chi connectivity index (χ1v) is 9.49. The van der Waals surface area contributed by atoms with Gasteiger partial charge in [-0.05, 0) is 49.8 Å². The average Bonchev–Trinajstić information content (AvgIpc) is 2.68. The second-order valence-electron chi connectivity index (χ2n) is 6.94. The summed E-state index contributed by atoms with van der Waals surface area (Å²) < 4.78 is 13.8. The number of rotatable bonds is 7. The average molecular weight is 409 g/mol. The summed E-state index contributed by atoms with van der Waals surface area (Å²) in [5.74, 6) is 0.293. The van der Waals surface area contributed by atoms with Gasteiger partial charge in [0.2, 0.25) is 11.8 Å². The molecule has 2 aromatic rings. The summed E-state index contributed by atoms with van der Waals surface area (Å²) in [6, 6.07) is 4.48. The largest absolute Gasteiger partial charge is 0.364 e. The Labute approximate surface area is 166 Å². The highest BCUT2D eigenvalue weighted by molar-refractivity contribution is 6.30. The number of benzene rings is 1. The SMILES string of the molecule is N[C@H]1CC[C@H](CNc2nc(NCc3cc(Cl)ccc3F)ncc2[N+](=O)[O-])CC1. The van der Waals surface area contributed by atoms with Crippen LogP contribution < -0.4 is 16.4 Å². The predicted octanol–water partition coefficient (Wildman–Crippen LogP) is 3.72. The third kappa shape index (κ3) is 5.26. The van der Waals surface area contributed by atoms with Gasteiger partial charge in [-0.25, -0.2) is 9.37 Å². The zero-order valence-electron chi connectivity index (χ0n) is 15.2. The lowest BCUT2D eigenvalue weighted by atomic mass is 9.86. The number of hydrogen-bond acceptors (Lipinski definition) is 7. The van der Waals surface area contributed by atoms with Gasteiger partial charge in [0.15, 0.2) is 0 Å². The summed E-state index contributed by atoms with van der Waals surface area (Å²) in [6.45, 7) is 0.678. The fourth-order valence-corrected chi connectivity index (χ4v) is 3.41. The number of halogens is 2. The summed E-state index contributed by atoms with van der Waals surface area (Å²) in [4.78, 5) is 18.9. The lowest BCUT2D eigenvalue weighted by Crippen LogP contribution is -2.29. The van der Waals surface area contributed by atoms with Crippen molar-refractivity contribution in [3.05, 3.63) is 50.9 Å². The molecule has 0 saturated heterocycles. The molecule has 0 aliphatic heterocycles. The Bertz CT molecular complexity index is 845. The van der Waals surface area contributed by atoms with Gasteiger partial charge in [0.25, 0.3) is 0 Å². The fourth-order valence-electron chi connectivity index (χ4n) is 3.21. The molecule has 28 heavy (non-hydrogen) atoms. The van der Waals surface area contributed by atoms with E-state index in [1.807, 2.05) is 0 Å². The van der Waals surface area contributed by atoms with Crippen molar-refractivity contribution in [3.8, 4) is 0 Å². The van der Waals surface area contributed by atoms with E-state index in [2.05, 4.69) is 20.6 Å². The highest BCUT2D eigenvalue weighted by Gasteiger charge is 2.21. The zero-order valence-corrected chi connectivity index (χ0v) is 16.0. The van der Waals surface area contributed by atoms with Crippen molar-refractivity contribution in [3.63, 3.8) is 0 Å². The summed E-state index contributed by atoms with van der Waals surface area (Å²) in [5, 5.41) is 17.6. The van der Waals surface area contributed by atoms with Crippen molar-refractivity contribution in [1.29, 1.82) is 0 Å². The summed E-state index contributed by atoms with van der Waals surface area (Å²) in [6.07, 6.45) is 5.01. The van der Waals surface area contributed by atoms with Crippen LogP contribution in [0.5, 0.6) is 0 Å². The molecular formula is C18H22ClFN6O2. The number of nitrogens with one attached hydrogen (secondary N) is 2. The standard InChI is InChI=1S/C18H22ClFN6O2/c19-13-3-6-15(20)12(7-13)9-23-18-24-10-16(26(27)28)17(25-18)22-8-11-1-4-14(21)5-2-11/h3,6-7,10-11,14H,1-2,4-5,8-9,21H2,(H2,22,23,24,25)/t11-,14-. The molecule has 0 spiro atoms. The van der Waals surface area contributed by atoms with Crippen molar-refractivity contribution in [2.45, 2.75) is 38.3 Å². The minimum Gasteiger partial charge on any atom is -0.364 e. The molecule has 0 unspecified atom stereocenters. The quantitative estimate of drug-likeness (QED) is 0.471. The third-order valence-corrected chi connectivity index (χ3v) is 5.10. The Morgan fingerprint density at radius 3 is 2.75 bits per heavy atom. The summed E-state index contributed by atoms with van der Waals surface area (Å²) >= 11 is 5.88. The maximum absolute atomic E-state index is 13.8. The van der Waals surface area contributed by atoms with Crippen LogP contribution in [0.3, 0.4) is 0 Å². The van der Waals surface area contributed by atoms with Gasteiger partial charge in [-0.15, -0.1) is 0 Å².